The summed E-state index contributed by atoms with van der Waals surface area (Å²) in [5.41, 5.74) is 1.36. The first-order valence-corrected chi connectivity index (χ1v) is 6.43. The van der Waals surface area contributed by atoms with Crippen LogP contribution in [0.3, 0.4) is 0 Å². The number of halogens is 1. The van der Waals surface area contributed by atoms with E-state index in [1.54, 1.807) is 18.2 Å². The molecule has 0 radical (unpaired) electrons. The average Bonchev–Trinajstić information content (AvgIpc) is 2.45. The highest BCUT2D eigenvalue weighted by Crippen LogP contribution is 2.22. The first-order chi connectivity index (χ1) is 9.61. The van der Waals surface area contributed by atoms with Gasteiger partial charge < -0.3 is 5.32 Å². The smallest absolute Gasteiger partial charge is 0.311 e. The van der Waals surface area contributed by atoms with Crippen molar-refractivity contribution in [1.29, 1.82) is 5.26 Å². The van der Waals surface area contributed by atoms with Gasteiger partial charge in [0.05, 0.1) is 10.5 Å². The Morgan fingerprint density at radius 2 is 2.25 bits per heavy atom. The Morgan fingerprint density at radius 1 is 1.45 bits per heavy atom. The van der Waals surface area contributed by atoms with E-state index < -0.39 is 4.92 Å². The molecule has 0 saturated heterocycles. The van der Waals surface area contributed by atoms with Crippen LogP contribution in [-0.2, 0) is 6.54 Å². The van der Waals surface area contributed by atoms with Crippen molar-refractivity contribution in [1.82, 2.24) is 4.98 Å². The van der Waals surface area contributed by atoms with Crippen LogP contribution in [0.25, 0.3) is 0 Å². The van der Waals surface area contributed by atoms with Gasteiger partial charge in [-0.15, -0.1) is 0 Å². The number of pyridine rings is 1. The molecule has 2 aromatic rings. The monoisotopic (exact) mass is 332 g/mol. The Balaban J connectivity index is 2.15. The minimum atomic E-state index is -0.482. The molecule has 0 saturated carbocycles. The lowest BCUT2D eigenvalue weighted by molar-refractivity contribution is -0.384. The minimum absolute atomic E-state index is 0.0692. The lowest BCUT2D eigenvalue weighted by Crippen LogP contribution is -2.04. The molecule has 0 spiro atoms. The van der Waals surface area contributed by atoms with E-state index in [4.69, 9.17) is 5.26 Å². The second kappa shape index (κ2) is 6.12. The van der Waals surface area contributed by atoms with Gasteiger partial charge in [-0.3, -0.25) is 10.1 Å². The number of rotatable bonds is 4. The number of anilines is 1. The summed E-state index contributed by atoms with van der Waals surface area (Å²) < 4.78 is 0.690. The third kappa shape index (κ3) is 3.10. The van der Waals surface area contributed by atoms with Crippen LogP contribution in [0.2, 0.25) is 0 Å². The molecule has 1 heterocycles. The maximum Gasteiger partial charge on any atom is 0.311 e. The third-order valence-electron chi connectivity index (χ3n) is 2.60. The Morgan fingerprint density at radius 3 is 2.90 bits per heavy atom. The van der Waals surface area contributed by atoms with Gasteiger partial charge >= 0.3 is 5.69 Å². The molecule has 0 bridgehead atoms. The van der Waals surface area contributed by atoms with Gasteiger partial charge in [0.15, 0.2) is 0 Å². The zero-order chi connectivity index (χ0) is 14.5. The van der Waals surface area contributed by atoms with Crippen LogP contribution < -0.4 is 5.32 Å². The van der Waals surface area contributed by atoms with Crippen LogP contribution in [0.5, 0.6) is 0 Å². The molecule has 0 amide bonds. The van der Waals surface area contributed by atoms with E-state index in [-0.39, 0.29) is 11.5 Å². The third-order valence-corrected chi connectivity index (χ3v) is 3.25. The van der Waals surface area contributed by atoms with Crippen LogP contribution in [0.15, 0.2) is 41.0 Å². The Kier molecular flexibility index (Phi) is 4.27. The van der Waals surface area contributed by atoms with Gasteiger partial charge in [-0.05, 0) is 39.7 Å². The van der Waals surface area contributed by atoms with Gasteiger partial charge in [0.2, 0.25) is 5.82 Å². The Bertz CT molecular complexity index is 697. The molecule has 1 aromatic heterocycles. The van der Waals surface area contributed by atoms with E-state index in [0.717, 1.165) is 5.56 Å². The van der Waals surface area contributed by atoms with E-state index in [1.165, 1.54) is 18.3 Å². The zero-order valence-corrected chi connectivity index (χ0v) is 11.8. The molecular weight excluding hydrogens is 324 g/mol. The fourth-order valence-corrected chi connectivity index (χ4v) is 2.14. The molecule has 20 heavy (non-hydrogen) atoms. The highest BCUT2D eigenvalue weighted by molar-refractivity contribution is 9.10. The van der Waals surface area contributed by atoms with E-state index in [1.807, 2.05) is 0 Å². The number of nitrogens with zero attached hydrogens (tertiary/aromatic N) is 3. The van der Waals surface area contributed by atoms with Crippen molar-refractivity contribution in [3.63, 3.8) is 0 Å². The molecule has 0 unspecified atom stereocenters. The van der Waals surface area contributed by atoms with Gasteiger partial charge in [-0.1, -0.05) is 6.07 Å². The van der Waals surface area contributed by atoms with Gasteiger partial charge in [-0.2, -0.15) is 5.26 Å². The molecule has 0 atom stereocenters. The zero-order valence-electron chi connectivity index (χ0n) is 10.2. The summed E-state index contributed by atoms with van der Waals surface area (Å²) in [6.07, 6.45) is 1.49. The van der Waals surface area contributed by atoms with E-state index in [9.17, 15) is 10.1 Å². The average molecular weight is 333 g/mol. The number of nitro groups is 1. The molecule has 1 N–H and O–H groups in total. The summed E-state index contributed by atoms with van der Waals surface area (Å²) in [5, 5.41) is 22.6. The Hall–Kier alpha value is -2.46. The van der Waals surface area contributed by atoms with Gasteiger partial charge in [0, 0.05) is 23.3 Å². The minimum Gasteiger partial charge on any atom is -0.360 e. The molecule has 6 nitrogen and oxygen atoms in total. The predicted octanol–water partition coefficient (Wildman–Crippen LogP) is 3.24. The molecule has 0 fully saturated rings. The van der Waals surface area contributed by atoms with Gasteiger partial charge in [-0.25, -0.2) is 4.98 Å². The topological polar surface area (TPSA) is 91.8 Å². The van der Waals surface area contributed by atoms with Gasteiger partial charge in [0.25, 0.3) is 0 Å². The number of hydrogen-bond donors (Lipinski definition) is 1. The molecule has 1 aromatic carbocycles. The second-order valence-electron chi connectivity index (χ2n) is 3.91. The highest BCUT2D eigenvalue weighted by atomic mass is 79.9. The van der Waals surface area contributed by atoms with Gasteiger partial charge in [0.1, 0.15) is 6.07 Å². The van der Waals surface area contributed by atoms with E-state index in [0.29, 0.717) is 16.6 Å². The first-order valence-electron chi connectivity index (χ1n) is 5.63. The molecule has 0 aliphatic heterocycles. The lowest BCUT2D eigenvalue weighted by Gasteiger charge is -2.07. The maximum absolute atomic E-state index is 10.9. The molecule has 0 aliphatic rings. The summed E-state index contributed by atoms with van der Waals surface area (Å²) in [7, 11) is 0. The summed E-state index contributed by atoms with van der Waals surface area (Å²) in [6.45, 7) is 0.377. The fourth-order valence-electron chi connectivity index (χ4n) is 1.63. The van der Waals surface area contributed by atoms with Crippen LogP contribution in [0.1, 0.15) is 11.1 Å². The number of hydrogen-bond acceptors (Lipinski definition) is 5. The maximum atomic E-state index is 10.9. The van der Waals surface area contributed by atoms with Crippen LogP contribution >= 0.6 is 15.9 Å². The number of benzene rings is 1. The molecule has 7 heteroatoms. The number of nitrogens with one attached hydrogen (secondary N) is 1. The van der Waals surface area contributed by atoms with Crippen LogP contribution in [-0.4, -0.2) is 9.91 Å². The van der Waals surface area contributed by atoms with E-state index >= 15 is 0 Å². The SMILES string of the molecule is N#Cc1ccc(CNc2ncccc2[N+](=O)[O-])cc1Br. The van der Waals surface area contributed by atoms with Crippen molar-refractivity contribution in [2.45, 2.75) is 6.54 Å². The highest BCUT2D eigenvalue weighted by Gasteiger charge is 2.13. The van der Waals surface area contributed by atoms with Crippen molar-refractivity contribution >= 4 is 27.4 Å². The molecule has 2 rings (SSSR count). The molecule has 100 valence electrons. The standard InChI is InChI=1S/C13H9BrN4O2/c14-11-6-9(3-4-10(11)7-15)8-17-13-12(18(19)20)2-1-5-16-13/h1-6H,8H2,(H,16,17). The molecule has 0 aliphatic carbocycles. The van der Waals surface area contributed by atoms with Crippen molar-refractivity contribution < 1.29 is 4.92 Å². The summed E-state index contributed by atoms with van der Waals surface area (Å²) in [6, 6.07) is 10.2. The predicted molar refractivity (Wildman–Crippen MR) is 77.1 cm³/mol. The quantitative estimate of drug-likeness (QED) is 0.685. The molecular formula is C13H9BrN4O2. The van der Waals surface area contributed by atoms with Crippen LogP contribution in [0.4, 0.5) is 11.5 Å². The summed E-state index contributed by atoms with van der Waals surface area (Å²) in [4.78, 5) is 14.3. The number of aromatic nitrogens is 1. The van der Waals surface area contributed by atoms with Crippen molar-refractivity contribution in [2.24, 2.45) is 0 Å². The fraction of sp³-hybridized carbons (Fsp3) is 0.0769. The summed E-state index contributed by atoms with van der Waals surface area (Å²) >= 11 is 3.30. The normalized spacial score (nSPS) is 9.80. The van der Waals surface area contributed by atoms with Crippen molar-refractivity contribution in [3.05, 3.63) is 62.2 Å². The largest absolute Gasteiger partial charge is 0.360 e. The van der Waals surface area contributed by atoms with Crippen LogP contribution in [0, 0.1) is 21.4 Å². The van der Waals surface area contributed by atoms with Crippen molar-refractivity contribution in [3.8, 4) is 6.07 Å². The summed E-state index contributed by atoms with van der Waals surface area (Å²) in [5.74, 6) is 0.220. The lowest BCUT2D eigenvalue weighted by atomic mass is 10.1. The second-order valence-corrected chi connectivity index (χ2v) is 4.76. The Labute approximate surface area is 123 Å². The first kappa shape index (κ1) is 14.0. The van der Waals surface area contributed by atoms with E-state index in [2.05, 4.69) is 32.3 Å². The number of nitriles is 1. The van der Waals surface area contributed by atoms with Crippen molar-refractivity contribution in [2.75, 3.05) is 5.32 Å².